The van der Waals surface area contributed by atoms with E-state index in [1.54, 1.807) is 7.11 Å². The first-order chi connectivity index (χ1) is 17.5. The molecule has 5 saturated carbocycles. The molecule has 2 bridgehead atoms. The van der Waals surface area contributed by atoms with Crippen LogP contribution in [0.1, 0.15) is 100 Å². The fourth-order valence-electron chi connectivity index (χ4n) is 11.2. The maximum atomic E-state index is 14.4. The van der Waals surface area contributed by atoms with Gasteiger partial charge in [0.25, 0.3) is 0 Å². The SMILES string of the molecule is COC12C(C)C(CCC(C)C)(CCC3(C)C1C(=O)C=C1C4(C)CC(C#N)C(=O)C(C)(C)C4CCC13C)C2O. The number of hydrogen-bond acceptors (Lipinski definition) is 5. The number of methoxy groups -OCH3 is 1. The summed E-state index contributed by atoms with van der Waals surface area (Å²) in [6, 6.07) is 2.32. The molecule has 0 radical (unpaired) electrons. The zero-order valence-electron chi connectivity index (χ0n) is 25.1. The highest BCUT2D eigenvalue weighted by atomic mass is 16.5. The van der Waals surface area contributed by atoms with Crippen molar-refractivity contribution in [3.05, 3.63) is 11.6 Å². The normalized spacial score (nSPS) is 51.1. The Morgan fingerprint density at radius 1 is 1.13 bits per heavy atom. The molecule has 6 rings (SSSR count). The number of allylic oxidation sites excluding steroid dienone is 2. The quantitative estimate of drug-likeness (QED) is 0.468. The summed E-state index contributed by atoms with van der Waals surface area (Å²) in [4.78, 5) is 27.7. The van der Waals surface area contributed by atoms with Crippen LogP contribution in [0.4, 0.5) is 0 Å². The summed E-state index contributed by atoms with van der Waals surface area (Å²) < 4.78 is 6.34. The minimum Gasteiger partial charge on any atom is -0.389 e. The van der Waals surface area contributed by atoms with E-state index in [1.807, 2.05) is 19.9 Å². The van der Waals surface area contributed by atoms with Gasteiger partial charge in [-0.1, -0.05) is 67.4 Å². The van der Waals surface area contributed by atoms with E-state index in [1.165, 1.54) is 0 Å². The fourth-order valence-corrected chi connectivity index (χ4v) is 11.2. The standard InChI is InChI=1S/C33H49NO4/c1-19(2)10-13-32-15-14-31(8)25(33(38-9,20(32)3)27(32)37)22(35)16-24-29(6)17-21(18-34)26(36)28(4,5)23(29)11-12-30(24,31)7/h16,19-21,23,25,27,37H,10-15,17H2,1-9H3. The molecule has 0 spiro atoms. The molecule has 0 amide bonds. The van der Waals surface area contributed by atoms with Crippen molar-refractivity contribution in [3.63, 3.8) is 0 Å². The molecule has 210 valence electrons. The predicted octanol–water partition coefficient (Wildman–Crippen LogP) is 6.29. The Balaban J connectivity index is 1.66. The van der Waals surface area contributed by atoms with Crippen molar-refractivity contribution in [2.75, 3.05) is 7.11 Å². The highest BCUT2D eigenvalue weighted by Crippen LogP contribution is 2.77. The molecule has 5 fully saturated rings. The molecule has 0 saturated heterocycles. The average molecular weight is 524 g/mol. The number of nitrogens with zero attached hydrogens (tertiary/aromatic N) is 1. The van der Waals surface area contributed by atoms with E-state index < -0.39 is 39.8 Å². The van der Waals surface area contributed by atoms with Gasteiger partial charge in [-0.3, -0.25) is 9.59 Å². The van der Waals surface area contributed by atoms with Crippen LogP contribution in [0.2, 0.25) is 0 Å². The Morgan fingerprint density at radius 3 is 2.34 bits per heavy atom. The van der Waals surface area contributed by atoms with Crippen LogP contribution in [0.5, 0.6) is 0 Å². The van der Waals surface area contributed by atoms with Gasteiger partial charge in [0.05, 0.1) is 18.1 Å². The highest BCUT2D eigenvalue weighted by molar-refractivity contribution is 5.97. The molecule has 0 aromatic heterocycles. The molecule has 0 heterocycles. The number of rotatable bonds is 4. The molecule has 0 aromatic rings. The predicted molar refractivity (Wildman–Crippen MR) is 147 cm³/mol. The van der Waals surface area contributed by atoms with E-state index in [0.717, 1.165) is 44.1 Å². The molecule has 6 aliphatic rings. The van der Waals surface area contributed by atoms with Crippen LogP contribution in [-0.4, -0.2) is 35.5 Å². The molecule has 5 heteroatoms. The Hall–Kier alpha value is -1.51. The van der Waals surface area contributed by atoms with Crippen molar-refractivity contribution in [1.29, 1.82) is 5.26 Å². The number of carbonyl (C=O) groups excluding carboxylic acids is 2. The van der Waals surface area contributed by atoms with E-state index in [4.69, 9.17) is 4.74 Å². The Labute approximate surface area is 229 Å². The lowest BCUT2D eigenvalue weighted by Gasteiger charge is -2.70. The third-order valence-corrected chi connectivity index (χ3v) is 13.6. The molecule has 10 unspecified atom stereocenters. The van der Waals surface area contributed by atoms with Gasteiger partial charge in [-0.15, -0.1) is 0 Å². The van der Waals surface area contributed by atoms with E-state index in [-0.39, 0.29) is 34.2 Å². The van der Waals surface area contributed by atoms with Crippen LogP contribution in [0.15, 0.2) is 11.6 Å². The molecule has 5 nitrogen and oxygen atoms in total. The van der Waals surface area contributed by atoms with Gasteiger partial charge in [-0.2, -0.15) is 5.26 Å². The summed E-state index contributed by atoms with van der Waals surface area (Å²) in [6.45, 7) is 17.6. The number of carbonyl (C=O) groups is 2. The topological polar surface area (TPSA) is 87.4 Å². The minimum absolute atomic E-state index is 0.0515. The number of ether oxygens (including phenoxy) is 1. The summed E-state index contributed by atoms with van der Waals surface area (Å²) in [5.41, 5.74) is -1.66. The number of aliphatic hydroxyl groups is 1. The zero-order chi connectivity index (χ0) is 28.3. The van der Waals surface area contributed by atoms with Crippen molar-refractivity contribution < 1.29 is 19.4 Å². The van der Waals surface area contributed by atoms with Crippen LogP contribution >= 0.6 is 0 Å². The fraction of sp³-hybridized carbons (Fsp3) is 0.848. The third kappa shape index (κ3) is 2.95. The Kier molecular flexibility index (Phi) is 6.09. The van der Waals surface area contributed by atoms with E-state index in [0.29, 0.717) is 12.3 Å². The van der Waals surface area contributed by atoms with Gasteiger partial charge in [0.2, 0.25) is 0 Å². The molecule has 6 aliphatic carbocycles. The number of Topliss-reactive ketones (excluding diaryl/α,β-unsaturated/α-hetero) is 1. The second-order valence-electron chi connectivity index (χ2n) is 15.5. The van der Waals surface area contributed by atoms with Gasteiger partial charge in [0.15, 0.2) is 11.6 Å². The smallest absolute Gasteiger partial charge is 0.162 e. The van der Waals surface area contributed by atoms with Crippen molar-refractivity contribution in [2.45, 2.75) is 112 Å². The van der Waals surface area contributed by atoms with Gasteiger partial charge >= 0.3 is 0 Å². The molecular formula is C33H49NO4. The second-order valence-corrected chi connectivity index (χ2v) is 15.5. The summed E-state index contributed by atoms with van der Waals surface area (Å²) in [5, 5.41) is 21.9. The van der Waals surface area contributed by atoms with Crippen molar-refractivity contribution in [3.8, 4) is 6.07 Å². The molecule has 1 N–H and O–H groups in total. The first kappa shape index (κ1) is 28.0. The average Bonchev–Trinajstić information content (AvgIpc) is 3.01. The van der Waals surface area contributed by atoms with Gasteiger partial charge < -0.3 is 9.84 Å². The van der Waals surface area contributed by atoms with Gasteiger partial charge in [-0.25, -0.2) is 0 Å². The largest absolute Gasteiger partial charge is 0.389 e. The number of nitriles is 1. The molecule has 10 atom stereocenters. The Morgan fingerprint density at radius 2 is 1.79 bits per heavy atom. The summed E-state index contributed by atoms with van der Waals surface area (Å²) in [6.07, 6.45) is 7.28. The number of fused-ring (bicyclic) bond motifs is 4. The van der Waals surface area contributed by atoms with E-state index >= 15 is 0 Å². The number of hydrogen-bond donors (Lipinski definition) is 1. The maximum absolute atomic E-state index is 14.4. The second kappa shape index (κ2) is 8.26. The lowest BCUT2D eigenvalue weighted by Crippen LogP contribution is -2.78. The number of ketones is 2. The minimum atomic E-state index is -0.890. The van der Waals surface area contributed by atoms with Crippen molar-refractivity contribution in [1.82, 2.24) is 0 Å². The van der Waals surface area contributed by atoms with E-state index in [2.05, 4.69) is 47.6 Å². The molecular weight excluding hydrogens is 474 g/mol. The lowest BCUT2D eigenvalue weighted by atomic mass is 9.35. The van der Waals surface area contributed by atoms with Crippen molar-refractivity contribution >= 4 is 11.6 Å². The van der Waals surface area contributed by atoms with Crippen molar-refractivity contribution in [2.24, 2.45) is 56.7 Å². The summed E-state index contributed by atoms with van der Waals surface area (Å²) in [7, 11) is 1.69. The lowest BCUT2D eigenvalue weighted by molar-refractivity contribution is -0.314. The van der Waals surface area contributed by atoms with Gasteiger partial charge in [0.1, 0.15) is 11.5 Å². The summed E-state index contributed by atoms with van der Waals surface area (Å²) in [5.74, 6) is -0.216. The first-order valence-corrected chi connectivity index (χ1v) is 15.0. The first-order valence-electron chi connectivity index (χ1n) is 15.0. The van der Waals surface area contributed by atoms with Crippen LogP contribution < -0.4 is 0 Å². The molecule has 38 heavy (non-hydrogen) atoms. The van der Waals surface area contributed by atoms with E-state index in [9.17, 15) is 20.0 Å². The van der Waals surface area contributed by atoms with Crippen LogP contribution in [0.25, 0.3) is 0 Å². The molecule has 0 aliphatic heterocycles. The van der Waals surface area contributed by atoms with Crippen LogP contribution in [0, 0.1) is 68.0 Å². The van der Waals surface area contributed by atoms with Crippen LogP contribution in [0.3, 0.4) is 0 Å². The zero-order valence-corrected chi connectivity index (χ0v) is 25.1. The molecule has 0 aromatic carbocycles. The number of aliphatic hydroxyl groups excluding tert-OH is 1. The Bertz CT molecular complexity index is 1120. The third-order valence-electron chi connectivity index (χ3n) is 13.6. The van der Waals surface area contributed by atoms with Gasteiger partial charge in [0, 0.05) is 17.9 Å². The van der Waals surface area contributed by atoms with Gasteiger partial charge in [-0.05, 0) is 78.6 Å². The monoisotopic (exact) mass is 523 g/mol. The maximum Gasteiger partial charge on any atom is 0.162 e. The summed E-state index contributed by atoms with van der Waals surface area (Å²) >= 11 is 0. The highest BCUT2D eigenvalue weighted by Gasteiger charge is 2.80. The van der Waals surface area contributed by atoms with Crippen LogP contribution in [-0.2, 0) is 14.3 Å².